The molecule has 0 atom stereocenters. The topological polar surface area (TPSA) is 65.5 Å². The first-order valence-electron chi connectivity index (χ1n) is 5.58. The third-order valence-corrected chi connectivity index (χ3v) is 3.22. The van der Waals surface area contributed by atoms with Gasteiger partial charge in [0, 0.05) is 5.92 Å². The van der Waals surface area contributed by atoms with E-state index in [1.54, 1.807) is 12.1 Å². The predicted octanol–water partition coefficient (Wildman–Crippen LogP) is 2.42. The predicted molar refractivity (Wildman–Crippen MR) is 62.8 cm³/mol. The number of aromatic nitrogens is 2. The first-order chi connectivity index (χ1) is 7.68. The summed E-state index contributed by atoms with van der Waals surface area (Å²) in [5.41, 5.74) is 0.222. The van der Waals surface area contributed by atoms with Gasteiger partial charge in [-0.2, -0.15) is 5.10 Å². The van der Waals surface area contributed by atoms with Crippen LogP contribution in [0, 0.1) is 16.7 Å². The van der Waals surface area contributed by atoms with E-state index in [9.17, 15) is 0 Å². The van der Waals surface area contributed by atoms with E-state index in [0.29, 0.717) is 11.0 Å². The molecule has 1 saturated carbocycles. The van der Waals surface area contributed by atoms with Gasteiger partial charge in [-0.15, -0.1) is 0 Å². The zero-order valence-electron chi connectivity index (χ0n) is 9.04. The molecule has 2 N–H and O–H groups in total. The normalized spacial score (nSPS) is 17.3. The molecule has 0 amide bonds. The second kappa shape index (κ2) is 4.78. The minimum atomic E-state index is 0.222. The van der Waals surface area contributed by atoms with Crippen LogP contribution in [0.4, 0.5) is 0 Å². The summed E-state index contributed by atoms with van der Waals surface area (Å²) >= 11 is 5.79. The Morgan fingerprint density at radius 3 is 2.69 bits per heavy atom. The number of nitrogens with one attached hydrogen (secondary N) is 2. The summed E-state index contributed by atoms with van der Waals surface area (Å²) in [5.74, 6) is 0.640. The van der Waals surface area contributed by atoms with Crippen molar-refractivity contribution in [3.63, 3.8) is 0 Å². The van der Waals surface area contributed by atoms with Crippen LogP contribution in [0.2, 0.25) is 5.15 Å². The van der Waals surface area contributed by atoms with Crippen molar-refractivity contribution in [1.29, 1.82) is 10.8 Å². The molecule has 1 aliphatic rings. The van der Waals surface area contributed by atoms with Gasteiger partial charge in [-0.05, 0) is 25.0 Å². The Morgan fingerprint density at radius 2 is 2.00 bits per heavy atom. The van der Waals surface area contributed by atoms with Crippen molar-refractivity contribution < 1.29 is 0 Å². The minimum Gasteiger partial charge on any atom is -0.286 e. The molecule has 0 spiro atoms. The molecule has 16 heavy (non-hydrogen) atoms. The monoisotopic (exact) mass is 238 g/mol. The Hall–Kier alpha value is -1.16. The van der Waals surface area contributed by atoms with Crippen LogP contribution >= 0.6 is 11.6 Å². The van der Waals surface area contributed by atoms with Crippen molar-refractivity contribution in [3.05, 3.63) is 22.8 Å². The lowest BCUT2D eigenvalue weighted by atomic mass is 9.88. The molecule has 0 saturated heterocycles. The number of hydrogen-bond acceptors (Lipinski definition) is 3. The Bertz CT molecular complexity index is 446. The molecule has 1 fully saturated rings. The first-order valence-corrected chi connectivity index (χ1v) is 5.95. The number of nitrogens with zero attached hydrogens (tertiary/aromatic N) is 2. The Balaban J connectivity index is 2.25. The van der Waals surface area contributed by atoms with E-state index in [4.69, 9.17) is 22.4 Å². The highest BCUT2D eigenvalue weighted by atomic mass is 35.5. The molecule has 0 aliphatic heterocycles. The SMILES string of the molecule is N=C(C1CCCCC1)n1nc(Cl)ccc1=N. The molecule has 86 valence electrons. The largest absolute Gasteiger partial charge is 0.286 e. The molecule has 5 heteroatoms. The summed E-state index contributed by atoms with van der Waals surface area (Å²) < 4.78 is 1.35. The third kappa shape index (κ3) is 2.32. The van der Waals surface area contributed by atoms with Gasteiger partial charge in [0.25, 0.3) is 0 Å². The lowest BCUT2D eigenvalue weighted by molar-refractivity contribution is 0.427. The lowest BCUT2D eigenvalue weighted by Crippen LogP contribution is -2.34. The van der Waals surface area contributed by atoms with Crippen LogP contribution in [0.1, 0.15) is 32.1 Å². The van der Waals surface area contributed by atoms with E-state index in [2.05, 4.69) is 5.10 Å². The quantitative estimate of drug-likeness (QED) is 0.573. The van der Waals surface area contributed by atoms with Crippen LogP contribution in [0.5, 0.6) is 0 Å². The second-order valence-corrected chi connectivity index (χ2v) is 4.56. The summed E-state index contributed by atoms with van der Waals surface area (Å²) in [5, 5.41) is 20.1. The maximum Gasteiger partial charge on any atom is 0.150 e. The summed E-state index contributed by atoms with van der Waals surface area (Å²) in [4.78, 5) is 0. The van der Waals surface area contributed by atoms with Crippen molar-refractivity contribution in [1.82, 2.24) is 9.78 Å². The van der Waals surface area contributed by atoms with Crippen LogP contribution in [0.3, 0.4) is 0 Å². The highest BCUT2D eigenvalue weighted by molar-refractivity contribution is 6.29. The van der Waals surface area contributed by atoms with E-state index >= 15 is 0 Å². The van der Waals surface area contributed by atoms with Gasteiger partial charge < -0.3 is 0 Å². The molecular formula is C11H15ClN4. The molecule has 0 aromatic carbocycles. The highest BCUT2D eigenvalue weighted by Crippen LogP contribution is 2.24. The van der Waals surface area contributed by atoms with Crippen LogP contribution in [-0.2, 0) is 0 Å². The minimum absolute atomic E-state index is 0.222. The van der Waals surface area contributed by atoms with Gasteiger partial charge in [0.2, 0.25) is 0 Å². The summed E-state index contributed by atoms with van der Waals surface area (Å²) in [6.45, 7) is 0. The zero-order valence-corrected chi connectivity index (χ0v) is 9.80. The van der Waals surface area contributed by atoms with E-state index in [-0.39, 0.29) is 11.4 Å². The third-order valence-electron chi connectivity index (χ3n) is 3.02. The van der Waals surface area contributed by atoms with Gasteiger partial charge in [-0.25, -0.2) is 4.68 Å². The first kappa shape index (κ1) is 11.3. The van der Waals surface area contributed by atoms with Crippen LogP contribution in [0.15, 0.2) is 12.1 Å². The molecule has 1 aliphatic carbocycles. The average molecular weight is 239 g/mol. The van der Waals surface area contributed by atoms with E-state index < -0.39 is 0 Å². The van der Waals surface area contributed by atoms with Crippen molar-refractivity contribution >= 4 is 17.4 Å². The zero-order chi connectivity index (χ0) is 11.5. The molecular weight excluding hydrogens is 224 g/mol. The second-order valence-electron chi connectivity index (χ2n) is 4.17. The van der Waals surface area contributed by atoms with Crippen molar-refractivity contribution in [3.8, 4) is 0 Å². The van der Waals surface area contributed by atoms with Crippen molar-refractivity contribution in [2.24, 2.45) is 5.92 Å². The van der Waals surface area contributed by atoms with E-state index in [1.165, 1.54) is 23.9 Å². The van der Waals surface area contributed by atoms with Crippen LogP contribution < -0.4 is 5.49 Å². The van der Waals surface area contributed by atoms with Gasteiger partial charge >= 0.3 is 0 Å². The molecule has 0 unspecified atom stereocenters. The van der Waals surface area contributed by atoms with Gasteiger partial charge in [-0.1, -0.05) is 30.9 Å². The summed E-state index contributed by atoms with van der Waals surface area (Å²) in [6.07, 6.45) is 5.65. The molecule has 1 aromatic rings. The van der Waals surface area contributed by atoms with Gasteiger partial charge in [0.15, 0.2) is 0 Å². The van der Waals surface area contributed by atoms with E-state index in [0.717, 1.165) is 12.8 Å². The standard InChI is InChI=1S/C11H15ClN4/c12-9-6-7-10(13)16(15-9)11(14)8-4-2-1-3-5-8/h6-8,13-14H,1-5H2. The molecule has 1 heterocycles. The maximum atomic E-state index is 8.08. The van der Waals surface area contributed by atoms with E-state index in [1.807, 2.05) is 0 Å². The van der Waals surface area contributed by atoms with Gasteiger partial charge in [0.1, 0.15) is 16.5 Å². The summed E-state index contributed by atoms with van der Waals surface area (Å²) in [7, 11) is 0. The molecule has 2 rings (SSSR count). The Morgan fingerprint density at radius 1 is 1.31 bits per heavy atom. The highest BCUT2D eigenvalue weighted by Gasteiger charge is 2.20. The number of hydrogen-bond donors (Lipinski definition) is 2. The van der Waals surface area contributed by atoms with Gasteiger partial charge in [0.05, 0.1) is 0 Å². The van der Waals surface area contributed by atoms with Crippen molar-refractivity contribution in [2.45, 2.75) is 32.1 Å². The smallest absolute Gasteiger partial charge is 0.150 e. The van der Waals surface area contributed by atoms with Crippen LogP contribution in [0.25, 0.3) is 0 Å². The maximum absolute atomic E-state index is 8.08. The average Bonchev–Trinajstić information content (AvgIpc) is 2.32. The van der Waals surface area contributed by atoms with Gasteiger partial charge in [-0.3, -0.25) is 10.8 Å². The fourth-order valence-corrected chi connectivity index (χ4v) is 2.27. The lowest BCUT2D eigenvalue weighted by Gasteiger charge is -2.22. The molecule has 0 radical (unpaired) electrons. The Labute approximate surface area is 99.3 Å². The van der Waals surface area contributed by atoms with Crippen LogP contribution in [-0.4, -0.2) is 15.6 Å². The fourth-order valence-electron chi connectivity index (χ4n) is 2.13. The molecule has 0 bridgehead atoms. The Kier molecular flexibility index (Phi) is 3.39. The molecule has 4 nitrogen and oxygen atoms in total. The fraction of sp³-hybridized carbons (Fsp3) is 0.545. The number of halogens is 1. The molecule has 1 aromatic heterocycles. The van der Waals surface area contributed by atoms with Crippen molar-refractivity contribution in [2.75, 3.05) is 0 Å². The summed E-state index contributed by atoms with van der Waals surface area (Å²) in [6, 6.07) is 3.15. The number of rotatable bonds is 1.